The van der Waals surface area contributed by atoms with E-state index in [4.69, 9.17) is 16.3 Å². The fourth-order valence-corrected chi connectivity index (χ4v) is 5.63. The number of benzene rings is 2. The highest BCUT2D eigenvalue weighted by Crippen LogP contribution is 2.29. The third kappa shape index (κ3) is 4.53. The predicted octanol–water partition coefficient (Wildman–Crippen LogP) is 3.56. The molecule has 3 aromatic rings. The number of fused-ring (bicyclic) bond motifs is 1. The summed E-state index contributed by atoms with van der Waals surface area (Å²) in [5.74, 6) is -0.382. The number of rotatable bonds is 7. The molecule has 0 aliphatic carbocycles. The van der Waals surface area contributed by atoms with Gasteiger partial charge in [0.2, 0.25) is 5.91 Å². The van der Waals surface area contributed by atoms with Crippen LogP contribution in [-0.4, -0.2) is 38.1 Å². The summed E-state index contributed by atoms with van der Waals surface area (Å²) in [7, 11) is -3.66. The molecule has 1 N–H and O–H groups in total. The van der Waals surface area contributed by atoms with Crippen LogP contribution < -0.4 is 5.32 Å². The molecule has 30 heavy (non-hydrogen) atoms. The van der Waals surface area contributed by atoms with Crippen LogP contribution in [0.1, 0.15) is 18.4 Å². The number of carbonyl (C=O) groups is 1. The van der Waals surface area contributed by atoms with Crippen LogP contribution >= 0.6 is 11.6 Å². The molecular formula is C22H23ClN2O4S. The standard InChI is InChI=1S/C22H23ClN2O4S/c23-19-9-3-1-6-16(19)15-30(27,28)21-13-25(20-10-4-2-8-18(20)21)14-22(26)24-12-17-7-5-11-29-17/h1-4,6,8-10,13,17H,5,7,11-12,14-15H2,(H,24,26)/t17-/m0/s1. The van der Waals surface area contributed by atoms with Crippen LogP contribution in [0, 0.1) is 0 Å². The first kappa shape index (κ1) is 20.9. The molecule has 1 aromatic heterocycles. The lowest BCUT2D eigenvalue weighted by Gasteiger charge is -2.11. The third-order valence-corrected chi connectivity index (χ3v) is 7.31. The molecule has 1 aliphatic heterocycles. The largest absolute Gasteiger partial charge is 0.376 e. The van der Waals surface area contributed by atoms with E-state index in [1.165, 1.54) is 0 Å². The van der Waals surface area contributed by atoms with Gasteiger partial charge in [0, 0.05) is 35.3 Å². The van der Waals surface area contributed by atoms with Gasteiger partial charge in [-0.15, -0.1) is 0 Å². The van der Waals surface area contributed by atoms with E-state index in [0.29, 0.717) is 28.0 Å². The van der Waals surface area contributed by atoms with Gasteiger partial charge in [-0.1, -0.05) is 48.0 Å². The molecule has 1 amide bonds. The minimum atomic E-state index is -3.66. The van der Waals surface area contributed by atoms with E-state index in [1.54, 1.807) is 47.2 Å². The molecule has 0 spiro atoms. The molecule has 4 rings (SSSR count). The normalized spacial score (nSPS) is 16.8. The molecule has 2 heterocycles. The molecule has 0 unspecified atom stereocenters. The van der Waals surface area contributed by atoms with E-state index in [9.17, 15) is 13.2 Å². The maximum atomic E-state index is 13.2. The van der Waals surface area contributed by atoms with Gasteiger partial charge in [0.15, 0.2) is 9.84 Å². The molecular weight excluding hydrogens is 424 g/mol. The Balaban J connectivity index is 1.58. The summed E-state index contributed by atoms with van der Waals surface area (Å²) in [6, 6.07) is 14.1. The smallest absolute Gasteiger partial charge is 0.240 e. The number of hydrogen-bond donors (Lipinski definition) is 1. The molecule has 1 aliphatic rings. The number of amides is 1. The van der Waals surface area contributed by atoms with E-state index < -0.39 is 9.84 Å². The highest BCUT2D eigenvalue weighted by Gasteiger charge is 2.23. The lowest BCUT2D eigenvalue weighted by atomic mass is 10.2. The monoisotopic (exact) mass is 446 g/mol. The van der Waals surface area contributed by atoms with Gasteiger partial charge in [0.05, 0.1) is 16.8 Å². The van der Waals surface area contributed by atoms with Crippen molar-refractivity contribution in [3.05, 3.63) is 65.3 Å². The third-order valence-electron chi connectivity index (χ3n) is 5.26. The molecule has 8 heteroatoms. The van der Waals surface area contributed by atoms with Gasteiger partial charge in [0.25, 0.3) is 0 Å². The second kappa shape index (κ2) is 8.79. The number of nitrogens with one attached hydrogen (secondary N) is 1. The van der Waals surface area contributed by atoms with Gasteiger partial charge in [-0.2, -0.15) is 0 Å². The van der Waals surface area contributed by atoms with Crippen molar-refractivity contribution in [3.63, 3.8) is 0 Å². The number of nitrogens with zero attached hydrogens (tertiary/aromatic N) is 1. The molecule has 1 saturated heterocycles. The Morgan fingerprint density at radius 1 is 1.17 bits per heavy atom. The fraction of sp³-hybridized carbons (Fsp3) is 0.318. The van der Waals surface area contributed by atoms with Crippen LogP contribution in [0.4, 0.5) is 0 Å². The van der Waals surface area contributed by atoms with Crippen molar-refractivity contribution in [3.8, 4) is 0 Å². The van der Waals surface area contributed by atoms with E-state index in [-0.39, 0.29) is 29.2 Å². The van der Waals surface area contributed by atoms with Gasteiger partial charge < -0.3 is 14.6 Å². The van der Waals surface area contributed by atoms with Gasteiger partial charge >= 0.3 is 0 Å². The Labute approximate surface area is 180 Å². The molecule has 1 fully saturated rings. The summed E-state index contributed by atoms with van der Waals surface area (Å²) in [5, 5.41) is 3.89. The van der Waals surface area contributed by atoms with Crippen molar-refractivity contribution in [1.29, 1.82) is 0 Å². The number of carbonyl (C=O) groups excluding carboxylic acids is 1. The van der Waals surface area contributed by atoms with Gasteiger partial charge in [-0.25, -0.2) is 8.42 Å². The van der Waals surface area contributed by atoms with Crippen LogP contribution in [-0.2, 0) is 31.7 Å². The van der Waals surface area contributed by atoms with Crippen molar-refractivity contribution in [1.82, 2.24) is 9.88 Å². The molecule has 0 radical (unpaired) electrons. The van der Waals surface area contributed by atoms with Crippen molar-refractivity contribution in [2.24, 2.45) is 0 Å². The zero-order valence-electron chi connectivity index (χ0n) is 16.4. The van der Waals surface area contributed by atoms with Crippen molar-refractivity contribution >= 4 is 38.2 Å². The maximum Gasteiger partial charge on any atom is 0.240 e. The Morgan fingerprint density at radius 3 is 2.70 bits per heavy atom. The average Bonchev–Trinajstić information content (AvgIpc) is 3.37. The van der Waals surface area contributed by atoms with Gasteiger partial charge in [-0.05, 0) is 30.5 Å². The first-order valence-corrected chi connectivity index (χ1v) is 11.9. The SMILES string of the molecule is O=C(Cn1cc(S(=O)(=O)Cc2ccccc2Cl)c2ccccc21)NC[C@@H]1CCCO1. The lowest BCUT2D eigenvalue weighted by Crippen LogP contribution is -2.34. The summed E-state index contributed by atoms with van der Waals surface area (Å²) in [6.45, 7) is 1.24. The topological polar surface area (TPSA) is 77.4 Å². The molecule has 158 valence electrons. The van der Waals surface area contributed by atoms with Crippen molar-refractivity contribution in [2.75, 3.05) is 13.2 Å². The van der Waals surface area contributed by atoms with Gasteiger partial charge in [-0.3, -0.25) is 4.79 Å². The Kier molecular flexibility index (Phi) is 6.13. The Bertz CT molecular complexity index is 1170. The minimum Gasteiger partial charge on any atom is -0.376 e. The number of hydrogen-bond acceptors (Lipinski definition) is 4. The summed E-state index contributed by atoms with van der Waals surface area (Å²) in [4.78, 5) is 12.7. The zero-order chi connectivity index (χ0) is 21.1. The van der Waals surface area contributed by atoms with Crippen LogP contribution in [0.5, 0.6) is 0 Å². The van der Waals surface area contributed by atoms with Crippen LogP contribution in [0.2, 0.25) is 5.02 Å². The summed E-state index contributed by atoms with van der Waals surface area (Å²) in [5.41, 5.74) is 1.24. The summed E-state index contributed by atoms with van der Waals surface area (Å²) < 4.78 is 33.6. The van der Waals surface area contributed by atoms with Crippen LogP contribution in [0.15, 0.2) is 59.6 Å². The second-order valence-electron chi connectivity index (χ2n) is 7.43. The average molecular weight is 447 g/mol. The first-order valence-electron chi connectivity index (χ1n) is 9.86. The maximum absolute atomic E-state index is 13.2. The second-order valence-corrected chi connectivity index (χ2v) is 9.79. The number of aromatic nitrogens is 1. The lowest BCUT2D eigenvalue weighted by molar-refractivity contribution is -0.122. The molecule has 0 saturated carbocycles. The van der Waals surface area contributed by atoms with Crippen LogP contribution in [0.25, 0.3) is 10.9 Å². The molecule has 6 nitrogen and oxygen atoms in total. The molecule has 2 aromatic carbocycles. The Morgan fingerprint density at radius 2 is 1.93 bits per heavy atom. The molecule has 0 bridgehead atoms. The van der Waals surface area contributed by atoms with Crippen molar-refractivity contribution in [2.45, 2.75) is 36.1 Å². The first-order chi connectivity index (χ1) is 14.4. The van der Waals surface area contributed by atoms with E-state index in [0.717, 1.165) is 19.4 Å². The number of ether oxygens (including phenoxy) is 1. The Hall–Kier alpha value is -2.35. The minimum absolute atomic E-state index is 0.0366. The summed E-state index contributed by atoms with van der Waals surface area (Å²) in [6.07, 6.45) is 3.55. The van der Waals surface area contributed by atoms with E-state index in [1.807, 2.05) is 12.1 Å². The highest BCUT2D eigenvalue weighted by atomic mass is 35.5. The van der Waals surface area contributed by atoms with Crippen LogP contribution in [0.3, 0.4) is 0 Å². The van der Waals surface area contributed by atoms with E-state index >= 15 is 0 Å². The van der Waals surface area contributed by atoms with E-state index in [2.05, 4.69) is 5.32 Å². The van der Waals surface area contributed by atoms with Crippen molar-refractivity contribution < 1.29 is 17.9 Å². The number of sulfone groups is 1. The zero-order valence-corrected chi connectivity index (χ0v) is 18.0. The number of halogens is 1. The highest BCUT2D eigenvalue weighted by molar-refractivity contribution is 7.90. The summed E-state index contributed by atoms with van der Waals surface area (Å²) >= 11 is 6.17. The van der Waals surface area contributed by atoms with Gasteiger partial charge in [0.1, 0.15) is 6.54 Å². The predicted molar refractivity (Wildman–Crippen MR) is 116 cm³/mol. The number of para-hydroxylation sites is 1. The fourth-order valence-electron chi connectivity index (χ4n) is 3.73. The molecule has 1 atom stereocenters. The quantitative estimate of drug-likeness (QED) is 0.602.